The Kier molecular flexibility index (Phi) is 4.77. The van der Waals surface area contributed by atoms with Crippen LogP contribution in [0.25, 0.3) is 6.08 Å². The lowest BCUT2D eigenvalue weighted by Crippen LogP contribution is -2.08. The van der Waals surface area contributed by atoms with Crippen LogP contribution in [-0.4, -0.2) is 5.91 Å². The van der Waals surface area contributed by atoms with E-state index in [1.807, 2.05) is 0 Å². The first-order chi connectivity index (χ1) is 9.56. The van der Waals surface area contributed by atoms with Gasteiger partial charge in [0.05, 0.1) is 15.7 Å². The number of halogens is 3. The highest BCUT2D eigenvalue weighted by Crippen LogP contribution is 2.23. The maximum absolute atomic E-state index is 13.3. The minimum absolute atomic E-state index is 0.135. The monoisotopic (exact) mass is 309 g/mol. The SMILES string of the molecule is O=C(C=Cc1ccc(Cl)c(Cl)c1)Nc1ccccc1F. The van der Waals surface area contributed by atoms with Gasteiger partial charge in [-0.25, -0.2) is 4.39 Å². The third-order valence-electron chi connectivity index (χ3n) is 2.50. The molecule has 0 unspecified atom stereocenters. The van der Waals surface area contributed by atoms with E-state index in [1.165, 1.54) is 18.2 Å². The van der Waals surface area contributed by atoms with Crippen LogP contribution in [0, 0.1) is 5.82 Å². The largest absolute Gasteiger partial charge is 0.320 e. The van der Waals surface area contributed by atoms with Crippen molar-refractivity contribution in [3.05, 3.63) is 70.0 Å². The fraction of sp³-hybridized carbons (Fsp3) is 0. The number of para-hydroxylation sites is 1. The molecule has 0 radical (unpaired) electrons. The van der Waals surface area contributed by atoms with Gasteiger partial charge in [0.25, 0.3) is 0 Å². The number of hydrogen-bond acceptors (Lipinski definition) is 1. The molecule has 0 aliphatic heterocycles. The fourth-order valence-corrected chi connectivity index (χ4v) is 1.83. The standard InChI is InChI=1S/C15H10Cl2FNO/c16-11-7-5-10(9-12(11)17)6-8-15(20)19-14-4-2-1-3-13(14)18/h1-9H,(H,19,20). The molecule has 0 aliphatic rings. The summed E-state index contributed by atoms with van der Waals surface area (Å²) in [7, 11) is 0. The maximum Gasteiger partial charge on any atom is 0.248 e. The summed E-state index contributed by atoms with van der Waals surface area (Å²) in [4.78, 5) is 11.7. The summed E-state index contributed by atoms with van der Waals surface area (Å²) in [6.07, 6.45) is 2.87. The Hall–Kier alpha value is -1.84. The number of carbonyl (C=O) groups is 1. The molecule has 5 heteroatoms. The van der Waals surface area contributed by atoms with Crippen molar-refractivity contribution in [2.75, 3.05) is 5.32 Å². The predicted octanol–water partition coefficient (Wildman–Crippen LogP) is 4.78. The van der Waals surface area contributed by atoms with Crippen LogP contribution in [0.1, 0.15) is 5.56 Å². The zero-order valence-corrected chi connectivity index (χ0v) is 11.8. The van der Waals surface area contributed by atoms with Gasteiger partial charge in [0, 0.05) is 6.08 Å². The molecule has 2 rings (SSSR count). The molecule has 0 saturated carbocycles. The highest BCUT2D eigenvalue weighted by molar-refractivity contribution is 6.42. The number of hydrogen-bond donors (Lipinski definition) is 1. The minimum atomic E-state index is -0.483. The molecule has 0 aliphatic carbocycles. The molecule has 2 aromatic rings. The third kappa shape index (κ3) is 3.83. The molecular formula is C15H10Cl2FNO. The molecule has 0 bridgehead atoms. The molecule has 2 aromatic carbocycles. The van der Waals surface area contributed by atoms with Crippen molar-refractivity contribution in [3.63, 3.8) is 0 Å². The van der Waals surface area contributed by atoms with E-state index in [9.17, 15) is 9.18 Å². The summed E-state index contributed by atoms with van der Waals surface area (Å²) < 4.78 is 13.3. The first kappa shape index (κ1) is 14.6. The second-order valence-corrected chi connectivity index (χ2v) is 4.79. The number of amides is 1. The van der Waals surface area contributed by atoms with E-state index in [0.29, 0.717) is 10.0 Å². The smallest absolute Gasteiger partial charge is 0.248 e. The molecule has 0 aromatic heterocycles. The molecule has 20 heavy (non-hydrogen) atoms. The normalized spacial score (nSPS) is 10.8. The van der Waals surface area contributed by atoms with Gasteiger partial charge in [-0.05, 0) is 35.9 Å². The topological polar surface area (TPSA) is 29.1 Å². The molecule has 1 amide bonds. The minimum Gasteiger partial charge on any atom is -0.320 e. The molecular weight excluding hydrogens is 300 g/mol. The van der Waals surface area contributed by atoms with Crippen LogP contribution in [0.15, 0.2) is 48.5 Å². The van der Waals surface area contributed by atoms with Crippen molar-refractivity contribution in [3.8, 4) is 0 Å². The van der Waals surface area contributed by atoms with Crippen LogP contribution in [0.5, 0.6) is 0 Å². The van der Waals surface area contributed by atoms with Crippen molar-refractivity contribution >= 4 is 40.9 Å². The van der Waals surface area contributed by atoms with Crippen LogP contribution < -0.4 is 5.32 Å². The van der Waals surface area contributed by atoms with Crippen molar-refractivity contribution in [2.24, 2.45) is 0 Å². The van der Waals surface area contributed by atoms with Crippen LogP contribution in [0.3, 0.4) is 0 Å². The third-order valence-corrected chi connectivity index (χ3v) is 3.24. The van der Waals surface area contributed by atoms with E-state index < -0.39 is 11.7 Å². The zero-order valence-electron chi connectivity index (χ0n) is 10.2. The summed E-state index contributed by atoms with van der Waals surface area (Å²) >= 11 is 11.7. The fourth-order valence-electron chi connectivity index (χ4n) is 1.52. The van der Waals surface area contributed by atoms with Crippen molar-refractivity contribution in [1.82, 2.24) is 0 Å². The molecule has 0 heterocycles. The van der Waals surface area contributed by atoms with Crippen molar-refractivity contribution < 1.29 is 9.18 Å². The molecule has 0 spiro atoms. The summed E-state index contributed by atoms with van der Waals surface area (Å²) in [5.74, 6) is -0.912. The predicted molar refractivity (Wildman–Crippen MR) is 80.5 cm³/mol. The number of benzene rings is 2. The quantitative estimate of drug-likeness (QED) is 0.812. The van der Waals surface area contributed by atoms with Crippen LogP contribution in [0.4, 0.5) is 10.1 Å². The van der Waals surface area contributed by atoms with Gasteiger partial charge in [-0.1, -0.05) is 41.4 Å². The van der Waals surface area contributed by atoms with Crippen molar-refractivity contribution in [1.29, 1.82) is 0 Å². The highest BCUT2D eigenvalue weighted by Gasteiger charge is 2.03. The van der Waals surface area contributed by atoms with Gasteiger partial charge < -0.3 is 5.32 Å². The van der Waals surface area contributed by atoms with Gasteiger partial charge in [0.15, 0.2) is 0 Å². The van der Waals surface area contributed by atoms with E-state index in [1.54, 1.807) is 36.4 Å². The first-order valence-corrected chi connectivity index (χ1v) is 6.50. The Balaban J connectivity index is 2.06. The Morgan fingerprint density at radius 2 is 1.85 bits per heavy atom. The molecule has 0 fully saturated rings. The molecule has 0 atom stereocenters. The second-order valence-electron chi connectivity index (χ2n) is 3.98. The molecule has 0 saturated heterocycles. The van der Waals surface area contributed by atoms with Gasteiger partial charge in [0.1, 0.15) is 5.82 Å². The van der Waals surface area contributed by atoms with E-state index in [-0.39, 0.29) is 5.69 Å². The van der Waals surface area contributed by atoms with E-state index in [4.69, 9.17) is 23.2 Å². The van der Waals surface area contributed by atoms with Gasteiger partial charge in [-0.2, -0.15) is 0 Å². The number of nitrogens with one attached hydrogen (secondary N) is 1. The summed E-state index contributed by atoms with van der Waals surface area (Å²) in [6.45, 7) is 0. The number of carbonyl (C=O) groups excluding carboxylic acids is 1. The average Bonchev–Trinajstić information content (AvgIpc) is 2.43. The maximum atomic E-state index is 13.3. The summed E-state index contributed by atoms with van der Waals surface area (Å²) in [6, 6.07) is 11.0. The Morgan fingerprint density at radius 1 is 1.10 bits per heavy atom. The Labute approximate surface area is 125 Å². The number of anilines is 1. The lowest BCUT2D eigenvalue weighted by atomic mass is 10.2. The van der Waals surface area contributed by atoms with Gasteiger partial charge in [-0.3, -0.25) is 4.79 Å². The Bertz CT molecular complexity index is 671. The molecule has 2 nitrogen and oxygen atoms in total. The highest BCUT2D eigenvalue weighted by atomic mass is 35.5. The second kappa shape index (κ2) is 6.55. The summed E-state index contributed by atoms with van der Waals surface area (Å²) in [5, 5.41) is 3.30. The number of rotatable bonds is 3. The van der Waals surface area contributed by atoms with E-state index in [2.05, 4.69) is 5.32 Å². The Morgan fingerprint density at radius 3 is 2.55 bits per heavy atom. The van der Waals surface area contributed by atoms with E-state index in [0.717, 1.165) is 5.56 Å². The summed E-state index contributed by atoms with van der Waals surface area (Å²) in [5.41, 5.74) is 0.861. The van der Waals surface area contributed by atoms with E-state index >= 15 is 0 Å². The van der Waals surface area contributed by atoms with Crippen LogP contribution in [0.2, 0.25) is 10.0 Å². The van der Waals surface area contributed by atoms with Gasteiger partial charge in [-0.15, -0.1) is 0 Å². The molecule has 1 N–H and O–H groups in total. The van der Waals surface area contributed by atoms with Gasteiger partial charge in [0.2, 0.25) is 5.91 Å². The first-order valence-electron chi connectivity index (χ1n) is 5.75. The lowest BCUT2D eigenvalue weighted by molar-refractivity contribution is -0.111. The van der Waals surface area contributed by atoms with Gasteiger partial charge >= 0.3 is 0 Å². The lowest BCUT2D eigenvalue weighted by Gasteiger charge is -2.03. The molecule has 102 valence electrons. The zero-order chi connectivity index (χ0) is 14.5. The van der Waals surface area contributed by atoms with Crippen LogP contribution in [-0.2, 0) is 4.79 Å². The average molecular weight is 310 g/mol. The van der Waals surface area contributed by atoms with Crippen molar-refractivity contribution in [2.45, 2.75) is 0 Å². The van der Waals surface area contributed by atoms with Crippen LogP contribution >= 0.6 is 23.2 Å².